The highest BCUT2D eigenvalue weighted by molar-refractivity contribution is 7.09. The number of benzene rings is 1. The molecule has 1 aromatic heterocycles. The number of anilines is 1. The second kappa shape index (κ2) is 11.4. The summed E-state index contributed by atoms with van der Waals surface area (Å²) in [6.45, 7) is 13.3. The number of hydrogen-bond donors (Lipinski definition) is 1. The van der Waals surface area contributed by atoms with Gasteiger partial charge in [-0.1, -0.05) is 31.5 Å². The Morgan fingerprint density at radius 3 is 2.35 bits per heavy atom. The van der Waals surface area contributed by atoms with Gasteiger partial charge >= 0.3 is 0 Å². The van der Waals surface area contributed by atoms with E-state index in [2.05, 4.69) is 44.2 Å². The summed E-state index contributed by atoms with van der Waals surface area (Å²) in [7, 11) is 0. The molecule has 34 heavy (non-hydrogen) atoms. The van der Waals surface area contributed by atoms with Crippen LogP contribution >= 0.6 is 11.3 Å². The normalized spacial score (nSPS) is 22.0. The third kappa shape index (κ3) is 7.10. The molecule has 0 radical (unpaired) electrons. The van der Waals surface area contributed by atoms with Crippen molar-refractivity contribution >= 4 is 28.8 Å². The Labute approximate surface area is 207 Å². The van der Waals surface area contributed by atoms with Crippen LogP contribution in [0.5, 0.6) is 0 Å². The van der Waals surface area contributed by atoms with Gasteiger partial charge in [-0.3, -0.25) is 19.4 Å². The van der Waals surface area contributed by atoms with Crippen molar-refractivity contribution in [2.45, 2.75) is 40.2 Å². The lowest BCUT2D eigenvalue weighted by Crippen LogP contribution is -2.51. The molecule has 4 rings (SSSR count). The molecule has 2 amide bonds. The van der Waals surface area contributed by atoms with Crippen molar-refractivity contribution < 1.29 is 9.59 Å². The number of aromatic nitrogens is 1. The van der Waals surface area contributed by atoms with Crippen LogP contribution in [0.1, 0.15) is 36.5 Å². The monoisotopic (exact) mass is 483 g/mol. The average Bonchev–Trinajstić information content (AvgIpc) is 3.22. The van der Waals surface area contributed by atoms with Gasteiger partial charge in [0.25, 0.3) is 0 Å². The Morgan fingerprint density at radius 2 is 1.68 bits per heavy atom. The molecule has 2 atom stereocenters. The molecule has 184 valence electrons. The van der Waals surface area contributed by atoms with Crippen molar-refractivity contribution in [3.8, 4) is 0 Å². The third-order valence-electron chi connectivity index (χ3n) is 6.68. The lowest BCUT2D eigenvalue weighted by Gasteiger charge is -2.38. The maximum absolute atomic E-state index is 12.8. The second-order valence-electron chi connectivity index (χ2n) is 10.1. The summed E-state index contributed by atoms with van der Waals surface area (Å²) in [5, 5.41) is 5.84. The molecule has 2 aliphatic rings. The maximum atomic E-state index is 12.8. The highest BCUT2D eigenvalue weighted by Crippen LogP contribution is 2.21. The molecule has 0 bridgehead atoms. The number of aryl methyl sites for hydroxylation is 1. The molecule has 2 aliphatic heterocycles. The third-order valence-corrected chi connectivity index (χ3v) is 7.57. The van der Waals surface area contributed by atoms with Crippen LogP contribution in [-0.4, -0.2) is 77.3 Å². The van der Waals surface area contributed by atoms with Crippen LogP contribution < -0.4 is 5.32 Å². The van der Waals surface area contributed by atoms with Gasteiger partial charge in [0.2, 0.25) is 11.8 Å². The molecule has 3 heterocycles. The van der Waals surface area contributed by atoms with Gasteiger partial charge in [0, 0.05) is 56.9 Å². The fraction of sp³-hybridized carbons (Fsp3) is 0.577. The van der Waals surface area contributed by atoms with E-state index in [9.17, 15) is 9.59 Å². The van der Waals surface area contributed by atoms with Gasteiger partial charge in [0.05, 0.1) is 18.7 Å². The van der Waals surface area contributed by atoms with Crippen molar-refractivity contribution in [2.24, 2.45) is 11.8 Å². The fourth-order valence-electron chi connectivity index (χ4n) is 4.97. The van der Waals surface area contributed by atoms with Gasteiger partial charge in [0.1, 0.15) is 5.01 Å². The molecule has 2 saturated heterocycles. The van der Waals surface area contributed by atoms with E-state index in [1.165, 1.54) is 12.0 Å². The molecule has 0 unspecified atom stereocenters. The highest BCUT2D eigenvalue weighted by Gasteiger charge is 2.27. The summed E-state index contributed by atoms with van der Waals surface area (Å²) in [6, 6.07) is 7.81. The van der Waals surface area contributed by atoms with E-state index >= 15 is 0 Å². The summed E-state index contributed by atoms with van der Waals surface area (Å²) in [4.78, 5) is 36.5. The Kier molecular flexibility index (Phi) is 8.34. The quantitative estimate of drug-likeness (QED) is 0.655. The van der Waals surface area contributed by atoms with Crippen LogP contribution in [0.3, 0.4) is 0 Å². The minimum absolute atomic E-state index is 0.0412. The molecule has 8 heteroatoms. The van der Waals surface area contributed by atoms with E-state index in [0.717, 1.165) is 62.2 Å². The number of nitrogens with one attached hydrogen (secondary N) is 1. The lowest BCUT2D eigenvalue weighted by molar-refractivity contribution is -0.135. The van der Waals surface area contributed by atoms with Crippen molar-refractivity contribution in [3.63, 3.8) is 0 Å². The molecule has 1 aromatic carbocycles. The lowest BCUT2D eigenvalue weighted by atomic mass is 9.92. The number of rotatable bonds is 7. The zero-order valence-corrected chi connectivity index (χ0v) is 21.4. The minimum Gasteiger partial charge on any atom is -0.341 e. The number of likely N-dealkylation sites (tertiary alicyclic amines) is 1. The largest absolute Gasteiger partial charge is 0.341 e. The van der Waals surface area contributed by atoms with Crippen LogP contribution in [-0.2, 0) is 22.6 Å². The van der Waals surface area contributed by atoms with Crippen LogP contribution in [0.15, 0.2) is 29.6 Å². The number of amides is 2. The number of thiazole rings is 1. The van der Waals surface area contributed by atoms with Gasteiger partial charge in [0.15, 0.2) is 0 Å². The Hall–Kier alpha value is -2.29. The summed E-state index contributed by atoms with van der Waals surface area (Å²) in [5.41, 5.74) is 3.00. The SMILES string of the molecule is Cc1ccc(NC(=O)Cc2nc(CN3CCN(CC(=O)N4C[C@@H](C)C[C@H](C)C4)CC3)cs2)cc1. The molecule has 0 spiro atoms. The topological polar surface area (TPSA) is 68.8 Å². The highest BCUT2D eigenvalue weighted by atomic mass is 32.1. The van der Waals surface area contributed by atoms with Crippen LogP contribution in [0.2, 0.25) is 0 Å². The zero-order valence-electron chi connectivity index (χ0n) is 20.6. The van der Waals surface area contributed by atoms with E-state index < -0.39 is 0 Å². The maximum Gasteiger partial charge on any atom is 0.236 e. The minimum atomic E-state index is -0.0412. The number of carbonyl (C=O) groups is 2. The van der Waals surface area contributed by atoms with Gasteiger partial charge in [-0.2, -0.15) is 0 Å². The predicted molar refractivity (Wildman–Crippen MR) is 137 cm³/mol. The van der Waals surface area contributed by atoms with Gasteiger partial charge in [-0.05, 0) is 37.3 Å². The van der Waals surface area contributed by atoms with Crippen LogP contribution in [0, 0.1) is 18.8 Å². The van der Waals surface area contributed by atoms with E-state index in [1.54, 1.807) is 11.3 Å². The first-order valence-corrected chi connectivity index (χ1v) is 13.2. The second-order valence-corrected chi connectivity index (χ2v) is 11.1. The van der Waals surface area contributed by atoms with Gasteiger partial charge < -0.3 is 10.2 Å². The summed E-state index contributed by atoms with van der Waals surface area (Å²) >= 11 is 1.55. The van der Waals surface area contributed by atoms with Crippen LogP contribution in [0.4, 0.5) is 5.69 Å². The first-order chi connectivity index (χ1) is 16.3. The van der Waals surface area contributed by atoms with Crippen molar-refractivity contribution in [3.05, 3.63) is 45.9 Å². The van der Waals surface area contributed by atoms with Gasteiger partial charge in [-0.25, -0.2) is 4.98 Å². The average molecular weight is 484 g/mol. The summed E-state index contributed by atoms with van der Waals surface area (Å²) < 4.78 is 0. The number of nitrogens with zero attached hydrogens (tertiary/aromatic N) is 4. The number of hydrogen-bond acceptors (Lipinski definition) is 6. The first kappa shape index (κ1) is 24.8. The fourth-order valence-corrected chi connectivity index (χ4v) is 5.76. The molecule has 2 aromatic rings. The summed E-state index contributed by atoms with van der Waals surface area (Å²) in [6.07, 6.45) is 1.51. The number of carbonyl (C=O) groups excluding carboxylic acids is 2. The molecule has 0 aliphatic carbocycles. The predicted octanol–water partition coefficient (Wildman–Crippen LogP) is 3.25. The zero-order chi connectivity index (χ0) is 24.1. The van der Waals surface area contributed by atoms with Crippen LogP contribution in [0.25, 0.3) is 0 Å². The number of piperidine rings is 1. The Balaban J connectivity index is 1.18. The van der Waals surface area contributed by atoms with E-state index in [0.29, 0.717) is 24.8 Å². The standard InChI is InChI=1S/C26H37N5O2S/c1-19-4-6-22(7-5-19)27-24(32)13-25-28-23(18-34-25)16-29-8-10-30(11-9-29)17-26(33)31-14-20(2)12-21(3)15-31/h4-7,18,20-21H,8-17H2,1-3H3,(H,27,32)/t20-,21-/m0/s1. The van der Waals surface area contributed by atoms with E-state index in [1.807, 2.05) is 31.2 Å². The molecule has 2 fully saturated rings. The molecule has 7 nitrogen and oxygen atoms in total. The Morgan fingerprint density at radius 1 is 1.03 bits per heavy atom. The molecular formula is C26H37N5O2S. The molecular weight excluding hydrogens is 446 g/mol. The van der Waals surface area contributed by atoms with E-state index in [4.69, 9.17) is 0 Å². The molecule has 0 saturated carbocycles. The first-order valence-electron chi connectivity index (χ1n) is 12.4. The van der Waals surface area contributed by atoms with E-state index in [-0.39, 0.29) is 11.8 Å². The van der Waals surface area contributed by atoms with Gasteiger partial charge in [-0.15, -0.1) is 11.3 Å². The van der Waals surface area contributed by atoms with Crippen molar-refractivity contribution in [1.82, 2.24) is 19.7 Å². The summed E-state index contributed by atoms with van der Waals surface area (Å²) in [5.74, 6) is 1.43. The Bertz CT molecular complexity index is 958. The molecule has 1 N–H and O–H groups in total. The van der Waals surface area contributed by atoms with Crippen molar-refractivity contribution in [1.29, 1.82) is 0 Å². The van der Waals surface area contributed by atoms with Crippen molar-refractivity contribution in [2.75, 3.05) is 51.1 Å². The smallest absolute Gasteiger partial charge is 0.236 e. The number of piperazine rings is 1.